The third-order valence-electron chi connectivity index (χ3n) is 5.68. The molecule has 8 nitrogen and oxygen atoms in total. The standard InChI is InChI=1S/C20H27N5O3/c26-19(12-15-4-2-1-3-5-15)25-10-6-16(7-11-25)27-14-18-23-20(28-24-18)17-13-21-8-9-22-17/h8-9,13,15-16H,1-7,10-12,14H2. The van der Waals surface area contributed by atoms with Crippen molar-refractivity contribution in [3.63, 3.8) is 0 Å². The number of amides is 1. The highest BCUT2D eigenvalue weighted by molar-refractivity contribution is 5.76. The van der Waals surface area contributed by atoms with Crippen LogP contribution in [0, 0.1) is 5.92 Å². The van der Waals surface area contributed by atoms with Gasteiger partial charge in [-0.25, -0.2) is 4.98 Å². The van der Waals surface area contributed by atoms with E-state index in [4.69, 9.17) is 9.26 Å². The number of nitrogens with zero attached hydrogens (tertiary/aromatic N) is 5. The molecule has 1 saturated heterocycles. The van der Waals surface area contributed by atoms with Crippen molar-refractivity contribution in [1.82, 2.24) is 25.0 Å². The fraction of sp³-hybridized carbons (Fsp3) is 0.650. The Hall–Kier alpha value is -2.35. The largest absolute Gasteiger partial charge is 0.370 e. The van der Waals surface area contributed by atoms with Gasteiger partial charge in [-0.15, -0.1) is 0 Å². The van der Waals surface area contributed by atoms with Gasteiger partial charge in [0.1, 0.15) is 12.3 Å². The summed E-state index contributed by atoms with van der Waals surface area (Å²) in [5, 5.41) is 3.94. The number of carbonyl (C=O) groups excluding carboxylic acids is 1. The first-order chi connectivity index (χ1) is 13.8. The quantitative estimate of drug-likeness (QED) is 0.754. The number of hydrogen-bond acceptors (Lipinski definition) is 7. The van der Waals surface area contributed by atoms with Crippen LogP contribution in [0.4, 0.5) is 0 Å². The average molecular weight is 385 g/mol. The zero-order chi connectivity index (χ0) is 19.2. The fourth-order valence-corrected chi connectivity index (χ4v) is 4.06. The van der Waals surface area contributed by atoms with E-state index in [1.54, 1.807) is 18.6 Å². The third kappa shape index (κ3) is 4.92. The van der Waals surface area contributed by atoms with Crippen LogP contribution in [0.1, 0.15) is 57.2 Å². The molecule has 2 aromatic rings. The predicted octanol–water partition coefficient (Wildman–Crippen LogP) is 3.00. The van der Waals surface area contributed by atoms with Crippen LogP contribution < -0.4 is 0 Å². The first-order valence-electron chi connectivity index (χ1n) is 10.3. The second kappa shape index (κ2) is 9.23. The van der Waals surface area contributed by atoms with Crippen molar-refractivity contribution in [3.05, 3.63) is 24.4 Å². The molecule has 0 radical (unpaired) electrons. The lowest BCUT2D eigenvalue weighted by atomic mass is 9.86. The average Bonchev–Trinajstić information content (AvgIpc) is 3.23. The number of carbonyl (C=O) groups is 1. The topological polar surface area (TPSA) is 94.2 Å². The van der Waals surface area contributed by atoms with Crippen molar-refractivity contribution in [2.24, 2.45) is 5.92 Å². The molecule has 2 aliphatic rings. The van der Waals surface area contributed by atoms with Crippen molar-refractivity contribution in [2.75, 3.05) is 13.1 Å². The van der Waals surface area contributed by atoms with Crippen LogP contribution in [0.5, 0.6) is 0 Å². The highest BCUT2D eigenvalue weighted by atomic mass is 16.5. The third-order valence-corrected chi connectivity index (χ3v) is 5.68. The molecule has 0 atom stereocenters. The van der Waals surface area contributed by atoms with Crippen LogP contribution in [0.25, 0.3) is 11.6 Å². The summed E-state index contributed by atoms with van der Waals surface area (Å²) >= 11 is 0. The summed E-state index contributed by atoms with van der Waals surface area (Å²) in [4.78, 5) is 27.0. The highest BCUT2D eigenvalue weighted by Gasteiger charge is 2.26. The van der Waals surface area contributed by atoms with Crippen LogP contribution in [-0.2, 0) is 16.1 Å². The molecule has 0 bridgehead atoms. The van der Waals surface area contributed by atoms with Crippen molar-refractivity contribution in [2.45, 2.75) is 64.1 Å². The molecule has 8 heteroatoms. The summed E-state index contributed by atoms with van der Waals surface area (Å²) < 4.78 is 11.2. The molecule has 0 N–H and O–H groups in total. The summed E-state index contributed by atoms with van der Waals surface area (Å²) in [5.74, 6) is 1.75. The molecule has 0 spiro atoms. The zero-order valence-electron chi connectivity index (χ0n) is 16.1. The summed E-state index contributed by atoms with van der Waals surface area (Å²) in [6.45, 7) is 1.84. The normalized spacial score (nSPS) is 19.1. The van der Waals surface area contributed by atoms with E-state index in [1.165, 1.54) is 32.1 Å². The van der Waals surface area contributed by atoms with Gasteiger partial charge in [0.05, 0.1) is 12.3 Å². The Labute approximate surface area is 164 Å². The smallest absolute Gasteiger partial charge is 0.278 e. The van der Waals surface area contributed by atoms with Gasteiger partial charge in [0.25, 0.3) is 5.89 Å². The lowest BCUT2D eigenvalue weighted by molar-refractivity contribution is -0.135. The minimum Gasteiger partial charge on any atom is -0.370 e. The van der Waals surface area contributed by atoms with Crippen molar-refractivity contribution in [3.8, 4) is 11.6 Å². The number of likely N-dealkylation sites (tertiary alicyclic amines) is 1. The molecule has 28 heavy (non-hydrogen) atoms. The maximum Gasteiger partial charge on any atom is 0.278 e. The van der Waals surface area contributed by atoms with Gasteiger partial charge in [-0.1, -0.05) is 24.4 Å². The van der Waals surface area contributed by atoms with Gasteiger partial charge in [-0.3, -0.25) is 9.78 Å². The number of rotatable bonds is 6. The summed E-state index contributed by atoms with van der Waals surface area (Å²) in [5.41, 5.74) is 0.547. The molecule has 3 heterocycles. The van der Waals surface area contributed by atoms with E-state index < -0.39 is 0 Å². The highest BCUT2D eigenvalue weighted by Crippen LogP contribution is 2.27. The van der Waals surface area contributed by atoms with Gasteiger partial charge in [-0.05, 0) is 31.6 Å². The second-order valence-corrected chi connectivity index (χ2v) is 7.71. The molecule has 2 aromatic heterocycles. The SMILES string of the molecule is O=C(CC1CCCCC1)N1CCC(OCc2noc(-c3cnccn3)n2)CC1. The molecule has 1 saturated carbocycles. The van der Waals surface area contributed by atoms with E-state index in [9.17, 15) is 4.79 Å². The van der Waals surface area contributed by atoms with Crippen molar-refractivity contribution >= 4 is 5.91 Å². The Bertz CT molecular complexity index is 752. The Morgan fingerprint density at radius 2 is 1.96 bits per heavy atom. The molecule has 0 unspecified atom stereocenters. The number of hydrogen-bond donors (Lipinski definition) is 0. The lowest BCUT2D eigenvalue weighted by Gasteiger charge is -2.33. The van der Waals surface area contributed by atoms with E-state index in [2.05, 4.69) is 20.1 Å². The van der Waals surface area contributed by atoms with Crippen molar-refractivity contribution < 1.29 is 14.1 Å². The van der Waals surface area contributed by atoms with Crippen LogP contribution >= 0.6 is 0 Å². The molecule has 150 valence electrons. The molecular weight excluding hydrogens is 358 g/mol. The number of aromatic nitrogens is 4. The van der Waals surface area contributed by atoms with E-state index in [0.717, 1.165) is 32.4 Å². The van der Waals surface area contributed by atoms with Gasteiger partial charge in [0.2, 0.25) is 5.91 Å². The Morgan fingerprint density at radius 3 is 2.71 bits per heavy atom. The first-order valence-corrected chi connectivity index (χ1v) is 10.3. The Balaban J connectivity index is 1.19. The van der Waals surface area contributed by atoms with Gasteiger partial charge in [0.15, 0.2) is 5.82 Å². The first kappa shape index (κ1) is 19.0. The molecular formula is C20H27N5O3. The minimum absolute atomic E-state index is 0.122. The Morgan fingerprint density at radius 1 is 1.14 bits per heavy atom. The van der Waals surface area contributed by atoms with E-state index in [-0.39, 0.29) is 6.10 Å². The van der Waals surface area contributed by atoms with Crippen LogP contribution in [0.3, 0.4) is 0 Å². The predicted molar refractivity (Wildman–Crippen MR) is 101 cm³/mol. The summed E-state index contributed by atoms with van der Waals surface area (Å²) in [6.07, 6.45) is 13.6. The molecule has 2 fully saturated rings. The summed E-state index contributed by atoms with van der Waals surface area (Å²) in [6, 6.07) is 0. The fourth-order valence-electron chi connectivity index (χ4n) is 4.06. The zero-order valence-corrected chi connectivity index (χ0v) is 16.1. The Kier molecular flexibility index (Phi) is 6.26. The van der Waals surface area contributed by atoms with E-state index in [0.29, 0.717) is 35.8 Å². The van der Waals surface area contributed by atoms with Gasteiger partial charge < -0.3 is 14.2 Å². The number of piperidine rings is 1. The number of ether oxygens (including phenoxy) is 1. The van der Waals surface area contributed by atoms with Gasteiger partial charge >= 0.3 is 0 Å². The maximum absolute atomic E-state index is 12.5. The molecule has 0 aromatic carbocycles. The lowest BCUT2D eigenvalue weighted by Crippen LogP contribution is -2.41. The second-order valence-electron chi connectivity index (χ2n) is 7.71. The molecule has 1 aliphatic carbocycles. The summed E-state index contributed by atoms with van der Waals surface area (Å²) in [7, 11) is 0. The van der Waals surface area contributed by atoms with Crippen LogP contribution in [0.15, 0.2) is 23.1 Å². The van der Waals surface area contributed by atoms with Crippen LogP contribution in [0.2, 0.25) is 0 Å². The molecule has 4 rings (SSSR count). The maximum atomic E-state index is 12.5. The van der Waals surface area contributed by atoms with E-state index >= 15 is 0 Å². The van der Waals surface area contributed by atoms with E-state index in [1.807, 2.05) is 4.90 Å². The monoisotopic (exact) mass is 385 g/mol. The van der Waals surface area contributed by atoms with Gasteiger partial charge in [-0.2, -0.15) is 4.98 Å². The van der Waals surface area contributed by atoms with Crippen molar-refractivity contribution in [1.29, 1.82) is 0 Å². The van der Waals surface area contributed by atoms with Gasteiger partial charge in [0, 0.05) is 31.9 Å². The van der Waals surface area contributed by atoms with Crippen LogP contribution in [-0.4, -0.2) is 50.1 Å². The molecule has 1 amide bonds. The molecule has 1 aliphatic heterocycles. The minimum atomic E-state index is 0.122.